The zero-order valence-corrected chi connectivity index (χ0v) is 33.9. The van der Waals surface area contributed by atoms with Crippen molar-refractivity contribution in [3.63, 3.8) is 0 Å². The molecule has 0 radical (unpaired) electrons. The fraction of sp³-hybridized carbons (Fsp3) is 0.388. The summed E-state index contributed by atoms with van der Waals surface area (Å²) in [5.41, 5.74) is 6.16. The maximum atomic E-state index is 12.7. The highest BCUT2D eigenvalue weighted by molar-refractivity contribution is 5.96. The van der Waals surface area contributed by atoms with Gasteiger partial charge in [-0.15, -0.1) is 0 Å². The Labute approximate surface area is 330 Å². The number of likely N-dealkylation sites (N-methyl/N-ethyl adjacent to an activating group) is 1. The molecule has 1 fully saturated rings. The Hall–Kier alpha value is -4.46. The zero-order valence-electron chi connectivity index (χ0n) is 33.9. The van der Waals surface area contributed by atoms with Gasteiger partial charge in [-0.05, 0) is 86.6 Å². The van der Waals surface area contributed by atoms with E-state index in [0.29, 0.717) is 13.0 Å². The molecule has 2 heterocycles. The third-order valence-electron chi connectivity index (χ3n) is 10.4. The van der Waals surface area contributed by atoms with Gasteiger partial charge in [0.1, 0.15) is 11.7 Å². The van der Waals surface area contributed by atoms with Gasteiger partial charge in [-0.25, -0.2) is 0 Å². The minimum Gasteiger partial charge on any atom is -0.365 e. The molecule has 1 saturated heterocycles. The highest BCUT2D eigenvalue weighted by Crippen LogP contribution is 2.32. The molecule has 4 aromatic carbocycles. The Morgan fingerprint density at radius 1 is 0.745 bits per heavy atom. The minimum atomic E-state index is -0.515. The topological polar surface area (TPSA) is 54.9 Å². The van der Waals surface area contributed by atoms with Crippen molar-refractivity contribution >= 4 is 5.78 Å². The van der Waals surface area contributed by atoms with Crippen LogP contribution in [-0.2, 0) is 20.5 Å². The van der Waals surface area contributed by atoms with Crippen LogP contribution in [0.15, 0.2) is 140 Å². The van der Waals surface area contributed by atoms with E-state index >= 15 is 0 Å². The predicted octanol–water partition coefficient (Wildman–Crippen LogP) is 10.1. The lowest BCUT2D eigenvalue weighted by Crippen LogP contribution is -2.38. The van der Waals surface area contributed by atoms with Crippen molar-refractivity contribution in [2.45, 2.75) is 76.6 Å². The van der Waals surface area contributed by atoms with Gasteiger partial charge in [0.15, 0.2) is 5.78 Å². The monoisotopic (exact) mass is 739 g/mol. The van der Waals surface area contributed by atoms with Crippen molar-refractivity contribution in [3.8, 4) is 0 Å². The maximum Gasteiger partial charge on any atom is 0.162 e. The van der Waals surface area contributed by atoms with Crippen LogP contribution in [0, 0.1) is 0 Å². The number of Topliss-reactive ketones (excluding diaryl/α,β-unsaturated/α-hetero) is 1. The van der Waals surface area contributed by atoms with E-state index in [2.05, 4.69) is 127 Å². The number of ether oxygens (including phenoxy) is 2. The van der Waals surface area contributed by atoms with E-state index in [-0.39, 0.29) is 23.4 Å². The van der Waals surface area contributed by atoms with Gasteiger partial charge in [0, 0.05) is 37.8 Å². The number of carbonyl (C=O) groups is 1. The number of aromatic nitrogens is 1. The van der Waals surface area contributed by atoms with Crippen LogP contribution in [0.2, 0.25) is 0 Å². The second-order valence-electron chi connectivity index (χ2n) is 16.0. The molecule has 0 aliphatic carbocycles. The minimum absolute atomic E-state index is 0.0313. The molecule has 0 saturated carbocycles. The van der Waals surface area contributed by atoms with Crippen LogP contribution in [0.1, 0.15) is 97.8 Å². The Bertz CT molecular complexity index is 1740. The van der Waals surface area contributed by atoms with Crippen LogP contribution in [0.3, 0.4) is 0 Å². The first kappa shape index (κ1) is 41.7. The van der Waals surface area contributed by atoms with Crippen molar-refractivity contribution < 1.29 is 14.3 Å². The fourth-order valence-corrected chi connectivity index (χ4v) is 6.97. The molecule has 0 bridgehead atoms. The molecule has 0 N–H and O–H groups in total. The number of likely N-dealkylation sites (tertiary alicyclic amines) is 1. The van der Waals surface area contributed by atoms with Gasteiger partial charge >= 0.3 is 0 Å². The van der Waals surface area contributed by atoms with E-state index in [4.69, 9.17) is 9.47 Å². The molecule has 1 aliphatic heterocycles. The largest absolute Gasteiger partial charge is 0.365 e. The van der Waals surface area contributed by atoms with E-state index in [1.165, 1.54) is 16.7 Å². The van der Waals surface area contributed by atoms with Gasteiger partial charge < -0.3 is 19.3 Å². The molecule has 0 amide bonds. The fourth-order valence-electron chi connectivity index (χ4n) is 6.97. The average molecular weight is 740 g/mol. The summed E-state index contributed by atoms with van der Waals surface area (Å²) in [6.45, 7) is 13.2. The molecule has 0 spiro atoms. The normalized spacial score (nSPS) is 15.0. The molecule has 1 unspecified atom stereocenters. The summed E-state index contributed by atoms with van der Waals surface area (Å²) in [5, 5.41) is 0. The zero-order chi connectivity index (χ0) is 39.1. The molecule has 1 atom stereocenters. The van der Waals surface area contributed by atoms with Gasteiger partial charge in [-0.2, -0.15) is 0 Å². The first-order valence-corrected chi connectivity index (χ1v) is 19.9. The van der Waals surface area contributed by atoms with E-state index in [9.17, 15) is 4.79 Å². The van der Waals surface area contributed by atoms with E-state index in [1.807, 2.05) is 68.8 Å². The molecular weight excluding hydrogens is 679 g/mol. The van der Waals surface area contributed by atoms with Crippen molar-refractivity contribution in [1.82, 2.24) is 14.8 Å². The van der Waals surface area contributed by atoms with Crippen LogP contribution >= 0.6 is 0 Å². The molecule has 6 heteroatoms. The van der Waals surface area contributed by atoms with Crippen molar-refractivity contribution in [3.05, 3.63) is 173 Å². The summed E-state index contributed by atoms with van der Waals surface area (Å²) in [4.78, 5) is 21.7. The third kappa shape index (κ3) is 12.5. The number of hydrogen-bond acceptors (Lipinski definition) is 6. The van der Waals surface area contributed by atoms with Crippen LogP contribution in [0.5, 0.6) is 0 Å². The lowest BCUT2D eigenvalue weighted by Gasteiger charge is -2.34. The third-order valence-corrected chi connectivity index (χ3v) is 10.4. The summed E-state index contributed by atoms with van der Waals surface area (Å²) >= 11 is 0. The van der Waals surface area contributed by atoms with Gasteiger partial charge in [-0.3, -0.25) is 9.78 Å². The summed E-state index contributed by atoms with van der Waals surface area (Å²) in [6, 6.07) is 45.4. The molecule has 1 aromatic heterocycles. The quantitative estimate of drug-likeness (QED) is 0.0997. The summed E-state index contributed by atoms with van der Waals surface area (Å²) in [6.07, 6.45) is 5.59. The number of nitrogens with zero attached hydrogens (tertiary/aromatic N) is 3. The first-order chi connectivity index (χ1) is 26.5. The van der Waals surface area contributed by atoms with Gasteiger partial charge in [-0.1, -0.05) is 142 Å². The van der Waals surface area contributed by atoms with E-state index in [1.54, 1.807) is 0 Å². The Kier molecular flexibility index (Phi) is 15.5. The number of piperidine rings is 1. The molecule has 290 valence electrons. The second-order valence-corrected chi connectivity index (χ2v) is 16.0. The Morgan fingerprint density at radius 2 is 1.31 bits per heavy atom. The summed E-state index contributed by atoms with van der Waals surface area (Å²) < 4.78 is 12.9. The molecule has 6 rings (SSSR count). The van der Waals surface area contributed by atoms with Crippen LogP contribution < -0.4 is 0 Å². The average Bonchev–Trinajstić information content (AvgIpc) is 3.21. The number of carbonyl (C=O) groups excluding carboxylic acids is 1. The number of ketones is 1. The first-order valence-electron chi connectivity index (χ1n) is 19.9. The van der Waals surface area contributed by atoms with Gasteiger partial charge in [0.25, 0.3) is 0 Å². The summed E-state index contributed by atoms with van der Waals surface area (Å²) in [5.74, 6) is 0.247. The van der Waals surface area contributed by atoms with Crippen molar-refractivity contribution in [2.75, 3.05) is 46.9 Å². The molecule has 1 aliphatic rings. The second kappa shape index (κ2) is 20.5. The predicted molar refractivity (Wildman–Crippen MR) is 226 cm³/mol. The smallest absolute Gasteiger partial charge is 0.162 e. The molecular formula is C49H61N3O3. The van der Waals surface area contributed by atoms with Gasteiger partial charge in [0.2, 0.25) is 0 Å². The van der Waals surface area contributed by atoms with Crippen LogP contribution in [-0.4, -0.2) is 73.6 Å². The number of hydrogen-bond donors (Lipinski definition) is 0. The number of pyridine rings is 1. The number of rotatable bonds is 15. The molecule has 5 aromatic rings. The Morgan fingerprint density at radius 3 is 1.84 bits per heavy atom. The van der Waals surface area contributed by atoms with Crippen molar-refractivity contribution in [1.29, 1.82) is 0 Å². The highest BCUT2D eigenvalue weighted by atomic mass is 16.5. The highest BCUT2D eigenvalue weighted by Gasteiger charge is 2.31. The van der Waals surface area contributed by atoms with E-state index < -0.39 is 5.60 Å². The van der Waals surface area contributed by atoms with Crippen LogP contribution in [0.4, 0.5) is 0 Å². The van der Waals surface area contributed by atoms with Gasteiger partial charge in [0.05, 0.1) is 18.4 Å². The van der Waals surface area contributed by atoms with Crippen LogP contribution in [0.25, 0.3) is 0 Å². The molecule has 6 nitrogen and oxygen atoms in total. The lowest BCUT2D eigenvalue weighted by molar-refractivity contribution is -0.0270. The van der Waals surface area contributed by atoms with Crippen molar-refractivity contribution in [2.24, 2.45) is 0 Å². The Balaban J connectivity index is 0.000000246. The maximum absolute atomic E-state index is 12.7. The van der Waals surface area contributed by atoms with E-state index in [0.717, 1.165) is 62.3 Å². The molecule has 55 heavy (non-hydrogen) atoms. The number of benzene rings is 4. The standard InChI is InChI=1S/C32H39NO2.C17H22N2O/c1-32(2,3)28-18-16-25(17-19-28)30(34)15-10-22-33-23-20-29(21-24-33)35-31(26-11-6-4-7-12-26)27-13-8-5-9-14-27;1-17(20-14-13-19(2)3,15-9-5-4-6-10-15)16-11-7-8-12-18-16/h4-9,11-14,16-19,29,31H,10,15,20-24H2,1-3H3;4-12H,13-14H2,1-3H3. The lowest BCUT2D eigenvalue weighted by atomic mass is 9.86. The summed E-state index contributed by atoms with van der Waals surface area (Å²) in [7, 11) is 4.09. The SMILES string of the molecule is CC(C)(C)c1ccc(C(=O)CCCN2CCC(OC(c3ccccc3)c3ccccc3)CC2)cc1.CN(C)CCOC(C)(c1ccccc1)c1ccccn1.